The number of nitrogens with zero attached hydrogens (tertiary/aromatic N) is 2. The van der Waals surface area contributed by atoms with E-state index >= 15 is 0 Å². The first-order valence-electron chi connectivity index (χ1n) is 8.20. The van der Waals surface area contributed by atoms with Crippen molar-refractivity contribution in [3.05, 3.63) is 18.0 Å². The molecular formula is C16H27N3O. The summed E-state index contributed by atoms with van der Waals surface area (Å²) in [5.41, 5.74) is 1.37. The van der Waals surface area contributed by atoms with E-state index in [-0.39, 0.29) is 5.60 Å². The quantitative estimate of drug-likeness (QED) is 0.813. The minimum absolute atomic E-state index is 0.239. The molecule has 1 saturated carbocycles. The highest BCUT2D eigenvalue weighted by Gasteiger charge is 2.42. The summed E-state index contributed by atoms with van der Waals surface area (Å²) >= 11 is 0. The fourth-order valence-electron chi connectivity index (χ4n) is 3.61. The Morgan fingerprint density at radius 2 is 2.25 bits per heavy atom. The summed E-state index contributed by atoms with van der Waals surface area (Å²) < 4.78 is 8.40. The van der Waals surface area contributed by atoms with Crippen molar-refractivity contribution in [1.82, 2.24) is 15.1 Å². The maximum Gasteiger partial charge on any atom is 0.0779 e. The van der Waals surface area contributed by atoms with E-state index < -0.39 is 0 Å². The molecule has 0 amide bonds. The summed E-state index contributed by atoms with van der Waals surface area (Å²) in [6.45, 7) is 5.02. The minimum Gasteiger partial charge on any atom is -0.370 e. The Morgan fingerprint density at radius 3 is 3.05 bits per heavy atom. The second-order valence-corrected chi connectivity index (χ2v) is 6.37. The molecule has 1 aromatic rings. The van der Waals surface area contributed by atoms with E-state index in [4.69, 9.17) is 4.74 Å². The van der Waals surface area contributed by atoms with Crippen molar-refractivity contribution in [2.24, 2.45) is 0 Å². The highest BCUT2D eigenvalue weighted by molar-refractivity contribution is 4.99. The third-order valence-corrected chi connectivity index (χ3v) is 4.67. The average Bonchev–Trinajstić information content (AvgIpc) is 3.15. The smallest absolute Gasteiger partial charge is 0.0779 e. The molecule has 1 atom stereocenters. The van der Waals surface area contributed by atoms with Gasteiger partial charge in [0, 0.05) is 12.7 Å². The van der Waals surface area contributed by atoms with Crippen LogP contribution in [-0.2, 0) is 17.8 Å². The van der Waals surface area contributed by atoms with Crippen LogP contribution in [0.2, 0.25) is 0 Å². The normalized spacial score (nSPS) is 24.8. The van der Waals surface area contributed by atoms with Crippen LogP contribution in [0.4, 0.5) is 0 Å². The molecule has 3 rings (SSSR count). The molecule has 1 aromatic heterocycles. The molecular weight excluding hydrogens is 250 g/mol. The van der Waals surface area contributed by atoms with Gasteiger partial charge in [-0.2, -0.15) is 5.10 Å². The van der Waals surface area contributed by atoms with Crippen LogP contribution in [0.15, 0.2) is 12.3 Å². The SMILES string of the molecule is CCCNCc1ccn(CC2CCC3(CCCC3)O2)n1. The predicted molar refractivity (Wildman–Crippen MR) is 79.5 cm³/mol. The molecule has 1 N–H and O–H groups in total. The Morgan fingerprint density at radius 1 is 1.40 bits per heavy atom. The maximum absolute atomic E-state index is 6.35. The second-order valence-electron chi connectivity index (χ2n) is 6.37. The number of aromatic nitrogens is 2. The molecule has 1 unspecified atom stereocenters. The minimum atomic E-state index is 0.239. The van der Waals surface area contributed by atoms with E-state index in [0.717, 1.165) is 25.3 Å². The van der Waals surface area contributed by atoms with Crippen molar-refractivity contribution >= 4 is 0 Å². The molecule has 4 heteroatoms. The molecule has 2 heterocycles. The summed E-state index contributed by atoms with van der Waals surface area (Å²) in [4.78, 5) is 0. The van der Waals surface area contributed by atoms with Crippen LogP contribution >= 0.6 is 0 Å². The van der Waals surface area contributed by atoms with Crippen LogP contribution in [0.3, 0.4) is 0 Å². The van der Waals surface area contributed by atoms with Gasteiger partial charge in [-0.3, -0.25) is 4.68 Å². The van der Waals surface area contributed by atoms with Crippen molar-refractivity contribution in [1.29, 1.82) is 0 Å². The largest absolute Gasteiger partial charge is 0.370 e. The lowest BCUT2D eigenvalue weighted by molar-refractivity contribution is -0.0429. The molecule has 112 valence electrons. The lowest BCUT2D eigenvalue weighted by atomic mass is 9.98. The van der Waals surface area contributed by atoms with Gasteiger partial charge in [0.15, 0.2) is 0 Å². The molecule has 1 aliphatic carbocycles. The highest BCUT2D eigenvalue weighted by Crippen LogP contribution is 2.43. The zero-order valence-electron chi connectivity index (χ0n) is 12.6. The first kappa shape index (κ1) is 14.1. The van der Waals surface area contributed by atoms with E-state index in [1.54, 1.807) is 0 Å². The van der Waals surface area contributed by atoms with Gasteiger partial charge < -0.3 is 10.1 Å². The van der Waals surface area contributed by atoms with Crippen molar-refractivity contribution in [2.45, 2.75) is 76.7 Å². The molecule has 0 bridgehead atoms. The van der Waals surface area contributed by atoms with Gasteiger partial charge in [-0.15, -0.1) is 0 Å². The number of hydrogen-bond acceptors (Lipinski definition) is 3. The number of ether oxygens (including phenoxy) is 1. The third kappa shape index (κ3) is 3.23. The summed E-state index contributed by atoms with van der Waals surface area (Å²) in [7, 11) is 0. The summed E-state index contributed by atoms with van der Waals surface area (Å²) in [5, 5.41) is 8.03. The second kappa shape index (κ2) is 6.27. The van der Waals surface area contributed by atoms with Crippen molar-refractivity contribution in [3.63, 3.8) is 0 Å². The Labute approximate surface area is 121 Å². The van der Waals surface area contributed by atoms with Gasteiger partial charge in [-0.25, -0.2) is 0 Å². The lowest BCUT2D eigenvalue weighted by Gasteiger charge is -2.23. The number of hydrogen-bond donors (Lipinski definition) is 1. The molecule has 1 spiro atoms. The van der Waals surface area contributed by atoms with Crippen LogP contribution in [-0.4, -0.2) is 28.0 Å². The zero-order valence-corrected chi connectivity index (χ0v) is 12.6. The summed E-state index contributed by atoms with van der Waals surface area (Å²) in [6, 6.07) is 2.11. The van der Waals surface area contributed by atoms with E-state index in [1.165, 1.54) is 44.9 Å². The topological polar surface area (TPSA) is 39.1 Å². The van der Waals surface area contributed by atoms with Gasteiger partial charge in [-0.1, -0.05) is 19.8 Å². The molecule has 0 radical (unpaired) electrons. The van der Waals surface area contributed by atoms with E-state index in [0.29, 0.717) is 6.10 Å². The monoisotopic (exact) mass is 277 g/mol. The van der Waals surface area contributed by atoms with Crippen LogP contribution < -0.4 is 5.32 Å². The fraction of sp³-hybridized carbons (Fsp3) is 0.812. The van der Waals surface area contributed by atoms with Crippen molar-refractivity contribution in [2.75, 3.05) is 6.54 Å². The average molecular weight is 277 g/mol. The van der Waals surface area contributed by atoms with Gasteiger partial charge in [0.1, 0.15) is 0 Å². The molecule has 0 aromatic carbocycles. The zero-order chi connectivity index (χ0) is 13.8. The Kier molecular flexibility index (Phi) is 4.41. The third-order valence-electron chi connectivity index (χ3n) is 4.67. The highest BCUT2D eigenvalue weighted by atomic mass is 16.5. The van der Waals surface area contributed by atoms with Crippen LogP contribution in [0.25, 0.3) is 0 Å². The molecule has 2 aliphatic rings. The standard InChI is InChI=1S/C16H27N3O/c1-2-10-17-12-14-6-11-19(18-14)13-15-5-9-16(20-15)7-3-4-8-16/h6,11,15,17H,2-5,7-10,12-13H2,1H3. The number of nitrogens with one attached hydrogen (secondary N) is 1. The Hall–Kier alpha value is -0.870. The van der Waals surface area contributed by atoms with E-state index in [2.05, 4.69) is 34.3 Å². The van der Waals surface area contributed by atoms with Gasteiger partial charge >= 0.3 is 0 Å². The maximum atomic E-state index is 6.35. The van der Waals surface area contributed by atoms with Crippen molar-refractivity contribution in [3.8, 4) is 0 Å². The predicted octanol–water partition coefficient (Wildman–Crippen LogP) is 2.87. The Balaban J connectivity index is 1.48. The molecule has 20 heavy (non-hydrogen) atoms. The summed E-state index contributed by atoms with van der Waals surface area (Å²) in [5.74, 6) is 0. The Bertz CT molecular complexity index is 423. The van der Waals surface area contributed by atoms with Crippen LogP contribution in [0.5, 0.6) is 0 Å². The van der Waals surface area contributed by atoms with E-state index in [9.17, 15) is 0 Å². The molecule has 1 aliphatic heterocycles. The van der Waals surface area contributed by atoms with E-state index in [1.807, 2.05) is 0 Å². The summed E-state index contributed by atoms with van der Waals surface area (Å²) in [6.07, 6.45) is 11.3. The first-order valence-corrected chi connectivity index (χ1v) is 8.20. The molecule has 4 nitrogen and oxygen atoms in total. The first-order chi connectivity index (χ1) is 9.80. The van der Waals surface area contributed by atoms with Gasteiger partial charge in [0.05, 0.1) is 23.9 Å². The van der Waals surface area contributed by atoms with Gasteiger partial charge in [-0.05, 0) is 44.7 Å². The lowest BCUT2D eigenvalue weighted by Crippen LogP contribution is -2.26. The van der Waals surface area contributed by atoms with Crippen LogP contribution in [0, 0.1) is 0 Å². The van der Waals surface area contributed by atoms with Gasteiger partial charge in [0.25, 0.3) is 0 Å². The van der Waals surface area contributed by atoms with Gasteiger partial charge in [0.2, 0.25) is 0 Å². The fourth-order valence-corrected chi connectivity index (χ4v) is 3.61. The van der Waals surface area contributed by atoms with Crippen LogP contribution in [0.1, 0.15) is 57.6 Å². The molecule has 1 saturated heterocycles. The molecule has 2 fully saturated rings. The van der Waals surface area contributed by atoms with Crippen molar-refractivity contribution < 1.29 is 4.74 Å². The number of rotatable bonds is 6.